The zero-order chi connectivity index (χ0) is 8.27. The number of nitrogens with one attached hydrogen (secondary N) is 1. The van der Waals surface area contributed by atoms with Gasteiger partial charge in [0.1, 0.15) is 0 Å². The van der Waals surface area contributed by atoms with Crippen LogP contribution in [0.2, 0.25) is 0 Å². The molecule has 3 heteroatoms. The molecule has 0 aliphatic heterocycles. The minimum absolute atomic E-state index is 0.635. The van der Waals surface area contributed by atoms with E-state index in [1.807, 2.05) is 0 Å². The Kier molecular flexibility index (Phi) is 2.97. The van der Waals surface area contributed by atoms with Crippen LogP contribution in [0.25, 0.3) is 0 Å². The van der Waals surface area contributed by atoms with Gasteiger partial charge in [0.05, 0.1) is 6.54 Å². The first-order valence-corrected chi connectivity index (χ1v) is 4.62. The van der Waals surface area contributed by atoms with Crippen LogP contribution in [0, 0.1) is 6.92 Å². The standard InChI is InChI=1S/C8H10ClNS/c1-6-4-11-5-8(6)10-3-7(2)9/h4-5,10H,2-3H2,1H3. The van der Waals surface area contributed by atoms with Crippen LogP contribution >= 0.6 is 22.9 Å². The van der Waals surface area contributed by atoms with Gasteiger partial charge >= 0.3 is 0 Å². The van der Waals surface area contributed by atoms with Crippen molar-refractivity contribution in [3.05, 3.63) is 27.9 Å². The summed E-state index contributed by atoms with van der Waals surface area (Å²) >= 11 is 7.28. The molecule has 0 spiro atoms. The second-order valence-electron chi connectivity index (χ2n) is 2.34. The van der Waals surface area contributed by atoms with Crippen LogP contribution in [-0.2, 0) is 0 Å². The molecular formula is C8H10ClNS. The zero-order valence-corrected chi connectivity index (χ0v) is 7.93. The van der Waals surface area contributed by atoms with Gasteiger partial charge in [-0.15, -0.1) is 11.3 Å². The summed E-state index contributed by atoms with van der Waals surface area (Å²) in [5.74, 6) is 0. The third kappa shape index (κ3) is 2.56. The predicted octanol–water partition coefficient (Wildman–Crippen LogP) is 3.22. The van der Waals surface area contributed by atoms with Gasteiger partial charge in [-0.05, 0) is 17.9 Å². The fourth-order valence-corrected chi connectivity index (χ4v) is 1.60. The lowest BCUT2D eigenvalue weighted by molar-refractivity contribution is 1.30. The van der Waals surface area contributed by atoms with Crippen molar-refractivity contribution in [1.82, 2.24) is 0 Å². The normalized spacial score (nSPS) is 9.64. The third-order valence-electron chi connectivity index (χ3n) is 1.33. The van der Waals surface area contributed by atoms with Crippen molar-refractivity contribution in [2.75, 3.05) is 11.9 Å². The van der Waals surface area contributed by atoms with Crippen LogP contribution < -0.4 is 5.32 Å². The van der Waals surface area contributed by atoms with Gasteiger partial charge in [-0.3, -0.25) is 0 Å². The molecule has 0 fully saturated rings. The Morgan fingerprint density at radius 1 is 1.73 bits per heavy atom. The topological polar surface area (TPSA) is 12.0 Å². The average molecular weight is 188 g/mol. The van der Waals surface area contributed by atoms with Crippen molar-refractivity contribution in [1.29, 1.82) is 0 Å². The molecule has 60 valence electrons. The molecule has 1 aromatic heterocycles. The highest BCUT2D eigenvalue weighted by Gasteiger charge is 1.96. The maximum absolute atomic E-state index is 5.59. The van der Waals surface area contributed by atoms with E-state index >= 15 is 0 Å². The molecule has 0 amide bonds. The largest absolute Gasteiger partial charge is 0.379 e. The van der Waals surface area contributed by atoms with Gasteiger partial charge in [0, 0.05) is 16.1 Å². The molecule has 1 N–H and O–H groups in total. The lowest BCUT2D eigenvalue weighted by Gasteiger charge is -2.02. The number of halogens is 1. The Morgan fingerprint density at radius 2 is 2.45 bits per heavy atom. The van der Waals surface area contributed by atoms with Gasteiger partial charge in [-0.1, -0.05) is 18.2 Å². The monoisotopic (exact) mass is 187 g/mol. The van der Waals surface area contributed by atoms with Gasteiger partial charge in [0.2, 0.25) is 0 Å². The smallest absolute Gasteiger partial charge is 0.0502 e. The molecule has 1 nitrogen and oxygen atoms in total. The third-order valence-corrected chi connectivity index (χ3v) is 2.32. The van der Waals surface area contributed by atoms with Gasteiger partial charge in [0.25, 0.3) is 0 Å². The van der Waals surface area contributed by atoms with Gasteiger partial charge in [-0.25, -0.2) is 0 Å². The maximum Gasteiger partial charge on any atom is 0.0502 e. The highest BCUT2D eigenvalue weighted by Crippen LogP contribution is 2.19. The van der Waals surface area contributed by atoms with Crippen LogP contribution in [0.1, 0.15) is 5.56 Å². The Balaban J connectivity index is 2.51. The second kappa shape index (κ2) is 3.79. The zero-order valence-electron chi connectivity index (χ0n) is 6.36. The van der Waals surface area contributed by atoms with Gasteiger partial charge in [-0.2, -0.15) is 0 Å². The molecule has 0 aliphatic carbocycles. The molecule has 0 atom stereocenters. The molecule has 1 heterocycles. The molecule has 0 saturated heterocycles. The van der Waals surface area contributed by atoms with Gasteiger partial charge < -0.3 is 5.32 Å². The van der Waals surface area contributed by atoms with Crippen molar-refractivity contribution in [3.8, 4) is 0 Å². The number of hydrogen-bond acceptors (Lipinski definition) is 2. The molecule has 0 unspecified atom stereocenters. The van der Waals surface area contributed by atoms with Gasteiger partial charge in [0.15, 0.2) is 0 Å². The first-order chi connectivity index (χ1) is 5.20. The van der Waals surface area contributed by atoms with Crippen LogP contribution in [0.4, 0.5) is 5.69 Å². The van der Waals surface area contributed by atoms with E-state index in [9.17, 15) is 0 Å². The minimum atomic E-state index is 0.635. The quantitative estimate of drug-likeness (QED) is 0.767. The number of hydrogen-bond donors (Lipinski definition) is 1. The van der Waals surface area contributed by atoms with Crippen molar-refractivity contribution >= 4 is 28.6 Å². The molecule has 11 heavy (non-hydrogen) atoms. The number of rotatable bonds is 3. The van der Waals surface area contributed by atoms with E-state index in [2.05, 4.69) is 29.6 Å². The Morgan fingerprint density at radius 3 is 2.91 bits per heavy atom. The van der Waals surface area contributed by atoms with E-state index in [1.54, 1.807) is 11.3 Å². The lowest BCUT2D eigenvalue weighted by Crippen LogP contribution is -2.00. The van der Waals surface area contributed by atoms with Crippen LogP contribution in [0.5, 0.6) is 0 Å². The highest BCUT2D eigenvalue weighted by atomic mass is 35.5. The molecule has 0 aromatic carbocycles. The Labute approximate surface area is 75.7 Å². The summed E-state index contributed by atoms with van der Waals surface area (Å²) in [5.41, 5.74) is 2.41. The summed E-state index contributed by atoms with van der Waals surface area (Å²) in [7, 11) is 0. The van der Waals surface area contributed by atoms with E-state index in [0.717, 1.165) is 5.69 Å². The minimum Gasteiger partial charge on any atom is -0.379 e. The Bertz CT molecular complexity index is 254. The number of aryl methyl sites for hydroxylation is 1. The van der Waals surface area contributed by atoms with Crippen molar-refractivity contribution in [2.24, 2.45) is 0 Å². The molecule has 0 bridgehead atoms. The lowest BCUT2D eigenvalue weighted by atomic mass is 10.3. The first kappa shape index (κ1) is 8.62. The summed E-state index contributed by atoms with van der Waals surface area (Å²) in [6.45, 7) is 6.29. The number of thiophene rings is 1. The highest BCUT2D eigenvalue weighted by molar-refractivity contribution is 7.08. The predicted molar refractivity (Wildman–Crippen MR) is 52.5 cm³/mol. The summed E-state index contributed by atoms with van der Waals surface area (Å²) in [6.07, 6.45) is 0. The molecular weight excluding hydrogens is 178 g/mol. The fraction of sp³-hybridized carbons (Fsp3) is 0.250. The van der Waals surface area contributed by atoms with E-state index < -0.39 is 0 Å². The molecule has 0 saturated carbocycles. The fourth-order valence-electron chi connectivity index (χ4n) is 0.733. The Hall–Kier alpha value is -0.470. The number of anilines is 1. The molecule has 0 aliphatic rings. The summed E-state index contributed by atoms with van der Waals surface area (Å²) < 4.78 is 0. The van der Waals surface area contributed by atoms with E-state index in [0.29, 0.717) is 11.6 Å². The van der Waals surface area contributed by atoms with Crippen LogP contribution in [0.3, 0.4) is 0 Å². The van der Waals surface area contributed by atoms with Crippen LogP contribution in [0.15, 0.2) is 22.4 Å². The molecule has 0 radical (unpaired) electrons. The summed E-state index contributed by atoms with van der Waals surface area (Å²) in [4.78, 5) is 0. The van der Waals surface area contributed by atoms with E-state index in [1.165, 1.54) is 5.56 Å². The average Bonchev–Trinajstić information content (AvgIpc) is 2.31. The van der Waals surface area contributed by atoms with E-state index in [-0.39, 0.29) is 0 Å². The van der Waals surface area contributed by atoms with Crippen molar-refractivity contribution < 1.29 is 0 Å². The second-order valence-corrected chi connectivity index (χ2v) is 3.62. The summed E-state index contributed by atoms with van der Waals surface area (Å²) in [6, 6.07) is 0. The maximum atomic E-state index is 5.59. The first-order valence-electron chi connectivity index (χ1n) is 3.30. The SMILES string of the molecule is C=C(Cl)CNc1cscc1C. The molecule has 1 aromatic rings. The van der Waals surface area contributed by atoms with Crippen molar-refractivity contribution in [3.63, 3.8) is 0 Å². The molecule has 1 rings (SSSR count). The van der Waals surface area contributed by atoms with Crippen LogP contribution in [-0.4, -0.2) is 6.54 Å². The summed E-state index contributed by atoms with van der Waals surface area (Å²) in [5, 5.41) is 7.97. The van der Waals surface area contributed by atoms with E-state index in [4.69, 9.17) is 11.6 Å². The van der Waals surface area contributed by atoms with Crippen molar-refractivity contribution in [2.45, 2.75) is 6.92 Å².